The highest BCUT2D eigenvalue weighted by Crippen LogP contribution is 2.45. The molecule has 0 saturated heterocycles. The van der Waals surface area contributed by atoms with Crippen LogP contribution in [0, 0.1) is 0 Å². The lowest BCUT2D eigenvalue weighted by atomic mass is 9.70. The third kappa shape index (κ3) is 2.80. The zero-order valence-electron chi connectivity index (χ0n) is 10.1. The van der Waals surface area contributed by atoms with Crippen molar-refractivity contribution in [2.45, 2.75) is 37.5 Å². The van der Waals surface area contributed by atoms with Gasteiger partial charge < -0.3 is 4.74 Å². The highest BCUT2D eigenvalue weighted by molar-refractivity contribution is 14.1. The largest absolute Gasteiger partial charge is 0.496 e. The molecule has 0 aromatic heterocycles. The van der Waals surface area contributed by atoms with Crippen molar-refractivity contribution < 1.29 is 4.74 Å². The molecule has 0 N–H and O–H groups in total. The zero-order valence-corrected chi connectivity index (χ0v) is 13.9. The second-order valence-corrected chi connectivity index (χ2v) is 6.50. The van der Waals surface area contributed by atoms with E-state index in [4.69, 9.17) is 4.74 Å². The number of rotatable bonds is 3. The lowest BCUT2D eigenvalue weighted by molar-refractivity contribution is 0.313. The molecule has 0 atom stereocenters. The minimum absolute atomic E-state index is 0.327. The first-order valence-electron chi connectivity index (χ1n) is 6.12. The third-order valence-corrected chi connectivity index (χ3v) is 5.75. The van der Waals surface area contributed by atoms with Crippen LogP contribution in [0.2, 0.25) is 0 Å². The standard InChI is InChI=1S/C14H18BrIO/c1-17-13-6-5-11(15)9-12(13)14(10-16)7-3-2-4-8-14/h5-6,9H,2-4,7-8,10H2,1H3. The maximum absolute atomic E-state index is 5.56. The maximum Gasteiger partial charge on any atom is 0.122 e. The average Bonchev–Trinajstić information content (AvgIpc) is 2.39. The van der Waals surface area contributed by atoms with Gasteiger partial charge in [-0.3, -0.25) is 0 Å². The summed E-state index contributed by atoms with van der Waals surface area (Å²) in [6, 6.07) is 6.40. The quantitative estimate of drug-likeness (QED) is 0.499. The van der Waals surface area contributed by atoms with Gasteiger partial charge in [-0.15, -0.1) is 0 Å². The molecule has 0 amide bonds. The lowest BCUT2D eigenvalue weighted by Crippen LogP contribution is -2.31. The third-order valence-electron chi connectivity index (χ3n) is 3.80. The van der Waals surface area contributed by atoms with Gasteiger partial charge in [-0.2, -0.15) is 0 Å². The minimum atomic E-state index is 0.327. The van der Waals surface area contributed by atoms with Gasteiger partial charge in [-0.05, 0) is 31.0 Å². The summed E-state index contributed by atoms with van der Waals surface area (Å²) in [4.78, 5) is 0. The SMILES string of the molecule is COc1ccc(Br)cc1C1(CI)CCCCC1. The molecular formula is C14H18BrIO. The van der Waals surface area contributed by atoms with E-state index in [1.54, 1.807) is 7.11 Å². The highest BCUT2D eigenvalue weighted by Gasteiger charge is 2.35. The molecule has 0 heterocycles. The van der Waals surface area contributed by atoms with E-state index in [9.17, 15) is 0 Å². The molecule has 1 aliphatic rings. The molecule has 94 valence electrons. The van der Waals surface area contributed by atoms with Crippen LogP contribution in [0.4, 0.5) is 0 Å². The van der Waals surface area contributed by atoms with Crippen molar-refractivity contribution >= 4 is 38.5 Å². The summed E-state index contributed by atoms with van der Waals surface area (Å²) in [6.45, 7) is 0. The number of hydrogen-bond acceptors (Lipinski definition) is 1. The molecule has 0 unspecified atom stereocenters. The second-order valence-electron chi connectivity index (χ2n) is 4.82. The van der Waals surface area contributed by atoms with Crippen molar-refractivity contribution in [1.82, 2.24) is 0 Å². The molecule has 1 nitrogen and oxygen atoms in total. The fourth-order valence-corrected chi connectivity index (χ4v) is 4.33. The van der Waals surface area contributed by atoms with Gasteiger partial charge in [-0.1, -0.05) is 57.8 Å². The molecule has 1 aromatic carbocycles. The Kier molecular flexibility index (Phi) is 4.75. The van der Waals surface area contributed by atoms with Gasteiger partial charge >= 0.3 is 0 Å². The van der Waals surface area contributed by atoms with Gasteiger partial charge in [0.25, 0.3) is 0 Å². The predicted octanol–water partition coefficient (Wildman–Crippen LogP) is 5.09. The summed E-state index contributed by atoms with van der Waals surface area (Å²) < 4.78 is 7.89. The number of hydrogen-bond donors (Lipinski definition) is 0. The van der Waals surface area contributed by atoms with E-state index in [-0.39, 0.29) is 0 Å². The lowest BCUT2D eigenvalue weighted by Gasteiger charge is -2.37. The van der Waals surface area contributed by atoms with E-state index in [1.807, 2.05) is 0 Å². The average molecular weight is 409 g/mol. The maximum atomic E-state index is 5.56. The highest BCUT2D eigenvalue weighted by atomic mass is 127. The van der Waals surface area contributed by atoms with Gasteiger partial charge in [0.05, 0.1) is 7.11 Å². The van der Waals surface area contributed by atoms with E-state index in [1.165, 1.54) is 42.1 Å². The van der Waals surface area contributed by atoms with Crippen LogP contribution >= 0.6 is 38.5 Å². The van der Waals surface area contributed by atoms with Crippen LogP contribution in [0.15, 0.2) is 22.7 Å². The van der Waals surface area contributed by atoms with Gasteiger partial charge in [-0.25, -0.2) is 0 Å². The number of methoxy groups -OCH3 is 1. The number of ether oxygens (including phenoxy) is 1. The first-order chi connectivity index (χ1) is 8.22. The normalized spacial score (nSPS) is 19.0. The Labute approximate surface area is 126 Å². The van der Waals surface area contributed by atoms with Crippen LogP contribution in [-0.2, 0) is 5.41 Å². The first-order valence-corrected chi connectivity index (χ1v) is 8.44. The van der Waals surface area contributed by atoms with Crippen molar-refractivity contribution in [1.29, 1.82) is 0 Å². The zero-order chi connectivity index (χ0) is 12.3. The predicted molar refractivity (Wildman–Crippen MR) is 84.3 cm³/mol. The second kappa shape index (κ2) is 5.91. The van der Waals surface area contributed by atoms with Crippen LogP contribution < -0.4 is 4.74 Å². The molecule has 1 saturated carbocycles. The Balaban J connectivity index is 2.44. The van der Waals surface area contributed by atoms with Gasteiger partial charge in [0.15, 0.2) is 0 Å². The van der Waals surface area contributed by atoms with E-state index in [0.717, 1.165) is 10.2 Å². The summed E-state index contributed by atoms with van der Waals surface area (Å²) in [6.07, 6.45) is 6.66. The van der Waals surface area contributed by atoms with E-state index < -0.39 is 0 Å². The molecule has 0 aliphatic heterocycles. The summed E-state index contributed by atoms with van der Waals surface area (Å²) >= 11 is 6.12. The summed E-state index contributed by atoms with van der Waals surface area (Å²) in [5, 5.41) is 0. The van der Waals surface area contributed by atoms with Crippen LogP contribution in [0.3, 0.4) is 0 Å². The summed E-state index contributed by atoms with van der Waals surface area (Å²) in [5.74, 6) is 1.05. The molecule has 0 radical (unpaired) electrons. The smallest absolute Gasteiger partial charge is 0.122 e. The fourth-order valence-electron chi connectivity index (χ4n) is 2.80. The molecule has 0 bridgehead atoms. The van der Waals surface area contributed by atoms with Crippen molar-refractivity contribution in [3.8, 4) is 5.75 Å². The monoisotopic (exact) mass is 408 g/mol. The Morgan fingerprint density at radius 3 is 2.59 bits per heavy atom. The molecule has 2 rings (SSSR count). The Morgan fingerprint density at radius 2 is 2.00 bits per heavy atom. The van der Waals surface area contributed by atoms with Crippen LogP contribution in [0.25, 0.3) is 0 Å². The fraction of sp³-hybridized carbons (Fsp3) is 0.571. The Morgan fingerprint density at radius 1 is 1.29 bits per heavy atom. The van der Waals surface area contributed by atoms with Crippen LogP contribution in [0.5, 0.6) is 5.75 Å². The van der Waals surface area contributed by atoms with Crippen molar-refractivity contribution in [3.63, 3.8) is 0 Å². The van der Waals surface area contributed by atoms with Crippen molar-refractivity contribution in [3.05, 3.63) is 28.2 Å². The molecule has 1 aliphatic carbocycles. The van der Waals surface area contributed by atoms with Crippen LogP contribution in [0.1, 0.15) is 37.7 Å². The summed E-state index contributed by atoms with van der Waals surface area (Å²) in [5.41, 5.74) is 1.72. The van der Waals surface area contributed by atoms with Gasteiger partial charge in [0.2, 0.25) is 0 Å². The summed E-state index contributed by atoms with van der Waals surface area (Å²) in [7, 11) is 1.77. The molecule has 17 heavy (non-hydrogen) atoms. The molecule has 0 spiro atoms. The Hall–Kier alpha value is 0.230. The van der Waals surface area contributed by atoms with E-state index in [0.29, 0.717) is 5.41 Å². The van der Waals surface area contributed by atoms with Crippen LogP contribution in [-0.4, -0.2) is 11.5 Å². The molecule has 3 heteroatoms. The molecular weight excluding hydrogens is 391 g/mol. The van der Waals surface area contributed by atoms with Gasteiger partial charge in [0.1, 0.15) is 5.75 Å². The number of alkyl halides is 1. The molecule has 1 fully saturated rings. The van der Waals surface area contributed by atoms with Crippen molar-refractivity contribution in [2.24, 2.45) is 0 Å². The Bertz CT molecular complexity index is 386. The van der Waals surface area contributed by atoms with Gasteiger partial charge in [0, 0.05) is 19.9 Å². The first kappa shape index (κ1) is 13.7. The van der Waals surface area contributed by atoms with E-state index >= 15 is 0 Å². The number of benzene rings is 1. The molecule has 1 aromatic rings. The minimum Gasteiger partial charge on any atom is -0.496 e. The number of halogens is 2. The topological polar surface area (TPSA) is 9.23 Å². The van der Waals surface area contributed by atoms with Crippen molar-refractivity contribution in [2.75, 3.05) is 11.5 Å². The van der Waals surface area contributed by atoms with E-state index in [2.05, 4.69) is 56.7 Å².